The van der Waals surface area contributed by atoms with Crippen LogP contribution in [0.25, 0.3) is 11.1 Å². The van der Waals surface area contributed by atoms with Gasteiger partial charge < -0.3 is 4.74 Å². The molecule has 0 spiro atoms. The molecule has 0 N–H and O–H groups in total. The van der Waals surface area contributed by atoms with Crippen molar-refractivity contribution in [3.63, 3.8) is 0 Å². The van der Waals surface area contributed by atoms with E-state index in [0.29, 0.717) is 12.2 Å². The van der Waals surface area contributed by atoms with Gasteiger partial charge in [-0.3, -0.25) is 4.79 Å². The van der Waals surface area contributed by atoms with E-state index in [9.17, 15) is 4.79 Å². The van der Waals surface area contributed by atoms with Crippen molar-refractivity contribution in [3.05, 3.63) is 53.6 Å². The largest absolute Gasteiger partial charge is 0.428 e. The van der Waals surface area contributed by atoms with Gasteiger partial charge in [-0.2, -0.15) is 0 Å². The van der Waals surface area contributed by atoms with Gasteiger partial charge in [0.1, 0.15) is 5.75 Å². The maximum atomic E-state index is 10.3. The second kappa shape index (κ2) is 4.83. The molecule has 0 radical (unpaired) electrons. The molecule has 0 unspecified atom stereocenters. The van der Waals surface area contributed by atoms with Crippen molar-refractivity contribution in [2.45, 2.75) is 13.8 Å². The Morgan fingerprint density at radius 2 is 1.59 bits per heavy atom. The predicted molar refractivity (Wildman–Crippen MR) is 68.0 cm³/mol. The van der Waals surface area contributed by atoms with Crippen LogP contribution in [0.3, 0.4) is 0 Å². The lowest BCUT2D eigenvalue weighted by molar-refractivity contribution is -0.120. The molecule has 0 amide bonds. The molecule has 0 saturated heterocycles. The van der Waals surface area contributed by atoms with Crippen molar-refractivity contribution < 1.29 is 9.53 Å². The third-order valence-electron chi connectivity index (χ3n) is 2.73. The summed E-state index contributed by atoms with van der Waals surface area (Å²) in [6, 6.07) is 14.1. The molecule has 0 aliphatic heterocycles. The zero-order valence-corrected chi connectivity index (χ0v) is 9.94. The Hall–Kier alpha value is -2.09. The van der Waals surface area contributed by atoms with E-state index in [4.69, 9.17) is 4.74 Å². The predicted octanol–water partition coefficient (Wildman–Crippen LogP) is 3.51. The number of benzene rings is 2. The Labute approximate surface area is 101 Å². The first kappa shape index (κ1) is 11.4. The van der Waals surface area contributed by atoms with Gasteiger partial charge in [-0.1, -0.05) is 35.9 Å². The van der Waals surface area contributed by atoms with Crippen molar-refractivity contribution in [2.75, 3.05) is 0 Å². The Morgan fingerprint density at radius 1 is 0.941 bits per heavy atom. The topological polar surface area (TPSA) is 26.3 Å². The van der Waals surface area contributed by atoms with Gasteiger partial charge in [-0.15, -0.1) is 0 Å². The maximum absolute atomic E-state index is 10.3. The molecule has 0 aromatic heterocycles. The zero-order chi connectivity index (χ0) is 12.3. The normalized spacial score (nSPS) is 10.0. The molecular weight excluding hydrogens is 212 g/mol. The lowest BCUT2D eigenvalue weighted by Crippen LogP contribution is -1.91. The SMILES string of the molecule is Cc1ccc(-c2ccc(OC=O)c(C)c2)cc1. The monoisotopic (exact) mass is 226 g/mol. The van der Waals surface area contributed by atoms with Gasteiger partial charge in [0.25, 0.3) is 6.47 Å². The van der Waals surface area contributed by atoms with Crippen molar-refractivity contribution in [3.8, 4) is 16.9 Å². The number of hydrogen-bond donors (Lipinski definition) is 0. The minimum absolute atomic E-state index is 0.452. The summed E-state index contributed by atoms with van der Waals surface area (Å²) in [6.07, 6.45) is 0. The van der Waals surface area contributed by atoms with Crippen LogP contribution in [-0.2, 0) is 4.79 Å². The summed E-state index contributed by atoms with van der Waals surface area (Å²) in [5.41, 5.74) is 4.48. The zero-order valence-electron chi connectivity index (χ0n) is 9.94. The highest BCUT2D eigenvalue weighted by atomic mass is 16.5. The van der Waals surface area contributed by atoms with Crippen LogP contribution in [0, 0.1) is 13.8 Å². The van der Waals surface area contributed by atoms with Gasteiger partial charge in [0.15, 0.2) is 0 Å². The molecular formula is C15H14O2. The van der Waals surface area contributed by atoms with E-state index in [1.54, 1.807) is 0 Å². The smallest absolute Gasteiger partial charge is 0.298 e. The Bertz CT molecular complexity index is 527. The quantitative estimate of drug-likeness (QED) is 0.749. The summed E-state index contributed by atoms with van der Waals surface area (Å²) in [4.78, 5) is 10.3. The first-order valence-electron chi connectivity index (χ1n) is 5.48. The molecule has 0 heterocycles. The van der Waals surface area contributed by atoms with E-state index in [1.807, 2.05) is 25.1 Å². The fourth-order valence-corrected chi connectivity index (χ4v) is 1.76. The second-order valence-corrected chi connectivity index (χ2v) is 4.06. The van der Waals surface area contributed by atoms with E-state index in [2.05, 4.69) is 31.2 Å². The molecule has 2 aromatic rings. The first-order chi connectivity index (χ1) is 8.20. The number of carbonyl (C=O) groups excluding carboxylic acids is 1. The molecule has 86 valence electrons. The summed E-state index contributed by atoms with van der Waals surface area (Å²) >= 11 is 0. The summed E-state index contributed by atoms with van der Waals surface area (Å²) in [5.74, 6) is 0.607. The van der Waals surface area contributed by atoms with Crippen LogP contribution in [-0.4, -0.2) is 6.47 Å². The van der Waals surface area contributed by atoms with Crippen LogP contribution in [0.15, 0.2) is 42.5 Å². The third kappa shape index (κ3) is 2.53. The minimum Gasteiger partial charge on any atom is -0.428 e. The third-order valence-corrected chi connectivity index (χ3v) is 2.73. The van der Waals surface area contributed by atoms with Gasteiger partial charge in [-0.05, 0) is 42.7 Å². The molecule has 2 rings (SSSR count). The summed E-state index contributed by atoms with van der Waals surface area (Å²) in [7, 11) is 0. The number of ether oxygens (including phenoxy) is 1. The van der Waals surface area contributed by atoms with Crippen molar-refractivity contribution in [1.29, 1.82) is 0 Å². The molecule has 2 aromatic carbocycles. The highest BCUT2D eigenvalue weighted by molar-refractivity contribution is 5.66. The molecule has 2 nitrogen and oxygen atoms in total. The van der Waals surface area contributed by atoms with Crippen LogP contribution < -0.4 is 4.74 Å². The number of rotatable bonds is 3. The van der Waals surface area contributed by atoms with Gasteiger partial charge in [0.2, 0.25) is 0 Å². The van der Waals surface area contributed by atoms with Crippen LogP contribution in [0.5, 0.6) is 5.75 Å². The van der Waals surface area contributed by atoms with Crippen LogP contribution in [0.2, 0.25) is 0 Å². The Kier molecular flexibility index (Phi) is 3.24. The lowest BCUT2D eigenvalue weighted by Gasteiger charge is -2.07. The number of aryl methyl sites for hydroxylation is 2. The second-order valence-electron chi connectivity index (χ2n) is 4.06. The Balaban J connectivity index is 2.37. The van der Waals surface area contributed by atoms with E-state index in [1.165, 1.54) is 5.56 Å². The first-order valence-corrected chi connectivity index (χ1v) is 5.48. The molecule has 17 heavy (non-hydrogen) atoms. The minimum atomic E-state index is 0.452. The molecule has 0 aliphatic rings. The molecule has 0 fully saturated rings. The van der Waals surface area contributed by atoms with Gasteiger partial charge in [0.05, 0.1) is 0 Å². The standard InChI is InChI=1S/C15H14O2/c1-11-3-5-13(6-4-11)14-7-8-15(17-10-16)12(2)9-14/h3-10H,1-2H3. The fourth-order valence-electron chi connectivity index (χ4n) is 1.76. The van der Waals surface area contributed by atoms with Crippen LogP contribution in [0.4, 0.5) is 0 Å². The van der Waals surface area contributed by atoms with Crippen molar-refractivity contribution >= 4 is 6.47 Å². The van der Waals surface area contributed by atoms with E-state index < -0.39 is 0 Å². The van der Waals surface area contributed by atoms with E-state index in [0.717, 1.165) is 16.7 Å². The average molecular weight is 226 g/mol. The average Bonchev–Trinajstić information content (AvgIpc) is 2.33. The highest BCUT2D eigenvalue weighted by Crippen LogP contribution is 2.26. The fraction of sp³-hybridized carbons (Fsp3) is 0.133. The van der Waals surface area contributed by atoms with Gasteiger partial charge in [0, 0.05) is 0 Å². The van der Waals surface area contributed by atoms with Crippen LogP contribution >= 0.6 is 0 Å². The molecule has 0 bridgehead atoms. The highest BCUT2D eigenvalue weighted by Gasteiger charge is 2.02. The summed E-state index contributed by atoms with van der Waals surface area (Å²) in [6.45, 7) is 4.44. The van der Waals surface area contributed by atoms with Crippen LogP contribution in [0.1, 0.15) is 11.1 Å². The van der Waals surface area contributed by atoms with Gasteiger partial charge in [-0.25, -0.2) is 0 Å². The van der Waals surface area contributed by atoms with Crippen molar-refractivity contribution in [1.82, 2.24) is 0 Å². The van der Waals surface area contributed by atoms with E-state index >= 15 is 0 Å². The number of hydrogen-bond acceptors (Lipinski definition) is 2. The van der Waals surface area contributed by atoms with Crippen molar-refractivity contribution in [2.24, 2.45) is 0 Å². The number of carbonyl (C=O) groups is 1. The summed E-state index contributed by atoms with van der Waals surface area (Å²) in [5, 5.41) is 0. The molecule has 0 saturated carbocycles. The lowest BCUT2D eigenvalue weighted by atomic mass is 10.0. The van der Waals surface area contributed by atoms with E-state index in [-0.39, 0.29) is 0 Å². The maximum Gasteiger partial charge on any atom is 0.298 e. The summed E-state index contributed by atoms with van der Waals surface area (Å²) < 4.78 is 4.87. The molecule has 0 atom stereocenters. The molecule has 0 aliphatic carbocycles. The molecule has 2 heteroatoms. The van der Waals surface area contributed by atoms with Gasteiger partial charge >= 0.3 is 0 Å². The Morgan fingerprint density at radius 3 is 2.18 bits per heavy atom.